The molecule has 32 heavy (non-hydrogen) atoms. The predicted molar refractivity (Wildman–Crippen MR) is 119 cm³/mol. The minimum absolute atomic E-state index is 0.319. The number of rotatable bonds is 6. The monoisotopic (exact) mass is 443 g/mol. The number of anilines is 2. The van der Waals surface area contributed by atoms with E-state index in [0.29, 0.717) is 60.8 Å². The normalized spacial score (nSPS) is 19.6. The lowest BCUT2D eigenvalue weighted by Gasteiger charge is -2.28. The summed E-state index contributed by atoms with van der Waals surface area (Å²) in [5, 5.41) is 6.76. The number of piperidine rings is 1. The van der Waals surface area contributed by atoms with E-state index in [1.807, 2.05) is 6.07 Å². The lowest BCUT2D eigenvalue weighted by Crippen LogP contribution is -2.37. The maximum Gasteiger partial charge on any atom is 0.296 e. The number of fused-ring (bicyclic) bond motifs is 1. The third kappa shape index (κ3) is 4.37. The number of aromatic nitrogens is 4. The molecule has 2 aliphatic heterocycles. The number of halogens is 2. The van der Waals surface area contributed by atoms with Crippen LogP contribution in [-0.2, 0) is 4.74 Å². The second-order valence-electron chi connectivity index (χ2n) is 8.20. The Bertz CT molecular complexity index is 1060. The summed E-state index contributed by atoms with van der Waals surface area (Å²) in [5.41, 5.74) is 1.11. The van der Waals surface area contributed by atoms with Crippen LogP contribution in [-0.4, -0.2) is 65.5 Å². The molecule has 2 fully saturated rings. The van der Waals surface area contributed by atoms with Crippen LogP contribution in [0.2, 0.25) is 0 Å². The zero-order valence-corrected chi connectivity index (χ0v) is 17.8. The van der Waals surface area contributed by atoms with E-state index >= 15 is 0 Å². The summed E-state index contributed by atoms with van der Waals surface area (Å²) in [6.45, 7) is 5.31. The van der Waals surface area contributed by atoms with Gasteiger partial charge in [0, 0.05) is 25.7 Å². The van der Waals surface area contributed by atoms with Gasteiger partial charge in [0.1, 0.15) is 11.6 Å². The molecule has 5 rings (SSSR count). The number of morpholine rings is 1. The molecule has 2 aromatic heterocycles. The number of alkyl halides is 2. The average molecular weight is 444 g/mol. The van der Waals surface area contributed by atoms with Crippen molar-refractivity contribution < 1.29 is 13.5 Å². The Labute approximate surface area is 185 Å². The van der Waals surface area contributed by atoms with Crippen molar-refractivity contribution in [3.05, 3.63) is 36.2 Å². The largest absolute Gasteiger partial charge is 0.378 e. The van der Waals surface area contributed by atoms with Gasteiger partial charge in [0.05, 0.1) is 24.2 Å². The summed E-state index contributed by atoms with van der Waals surface area (Å²) in [4.78, 5) is 15.6. The highest BCUT2D eigenvalue weighted by molar-refractivity contribution is 5.78. The first kappa shape index (κ1) is 21.0. The fraction of sp³-hybridized carbons (Fsp3) is 0.500. The molecule has 2 aliphatic rings. The number of ether oxygens (including phenoxy) is 1. The van der Waals surface area contributed by atoms with Crippen LogP contribution in [0.15, 0.2) is 30.3 Å². The van der Waals surface area contributed by atoms with Crippen molar-refractivity contribution >= 4 is 22.8 Å². The molecule has 8 nitrogen and oxygen atoms in total. The van der Waals surface area contributed by atoms with Gasteiger partial charge in [0.25, 0.3) is 6.43 Å². The fourth-order valence-corrected chi connectivity index (χ4v) is 4.34. The Balaban J connectivity index is 1.55. The number of nitrogens with one attached hydrogen (secondary N) is 2. The number of benzene rings is 1. The van der Waals surface area contributed by atoms with E-state index in [1.54, 1.807) is 24.3 Å². The van der Waals surface area contributed by atoms with Crippen LogP contribution >= 0.6 is 0 Å². The second-order valence-corrected chi connectivity index (χ2v) is 8.20. The quantitative estimate of drug-likeness (QED) is 0.606. The number of hydrogen-bond acceptors (Lipinski definition) is 7. The maximum absolute atomic E-state index is 13.9. The van der Waals surface area contributed by atoms with Gasteiger partial charge in [0.15, 0.2) is 5.82 Å². The van der Waals surface area contributed by atoms with Gasteiger partial charge in [-0.2, -0.15) is 9.97 Å². The lowest BCUT2D eigenvalue weighted by molar-refractivity contribution is 0.122. The standard InChI is InChI=1S/C22H27F2N7O/c23-20(24)21-27-16-5-1-2-6-17(16)31(21)19-12-18(30-8-10-32-11-9-30)28-22(29-19)26-14-15-4-3-7-25-13-15/h1-2,5-6,12,15,20,25H,3-4,7-11,13-14H2,(H,26,28,29)/t15-/m1/s1. The molecule has 2 saturated heterocycles. The third-order valence-corrected chi connectivity index (χ3v) is 5.99. The van der Waals surface area contributed by atoms with Crippen LogP contribution in [0.3, 0.4) is 0 Å². The Morgan fingerprint density at radius 1 is 1.12 bits per heavy atom. The van der Waals surface area contributed by atoms with Crippen molar-refractivity contribution in [2.75, 3.05) is 56.2 Å². The van der Waals surface area contributed by atoms with Crippen molar-refractivity contribution in [1.29, 1.82) is 0 Å². The van der Waals surface area contributed by atoms with Gasteiger partial charge in [-0.1, -0.05) is 12.1 Å². The van der Waals surface area contributed by atoms with Crippen molar-refractivity contribution in [1.82, 2.24) is 24.8 Å². The van der Waals surface area contributed by atoms with E-state index in [9.17, 15) is 8.78 Å². The third-order valence-electron chi connectivity index (χ3n) is 5.99. The van der Waals surface area contributed by atoms with Crippen molar-refractivity contribution in [3.8, 4) is 5.82 Å². The summed E-state index contributed by atoms with van der Waals surface area (Å²) in [7, 11) is 0. The van der Waals surface area contributed by atoms with Gasteiger partial charge in [-0.3, -0.25) is 4.57 Å². The second kappa shape index (κ2) is 9.33. The smallest absolute Gasteiger partial charge is 0.296 e. The van der Waals surface area contributed by atoms with Gasteiger partial charge < -0.3 is 20.3 Å². The van der Waals surface area contributed by atoms with Gasteiger partial charge in [0.2, 0.25) is 5.95 Å². The Morgan fingerprint density at radius 3 is 2.72 bits per heavy atom. The van der Waals surface area contributed by atoms with Crippen molar-refractivity contribution in [3.63, 3.8) is 0 Å². The molecule has 4 heterocycles. The predicted octanol–water partition coefficient (Wildman–Crippen LogP) is 3.00. The van der Waals surface area contributed by atoms with E-state index in [2.05, 4.69) is 25.5 Å². The maximum atomic E-state index is 13.9. The zero-order chi connectivity index (χ0) is 21.9. The minimum Gasteiger partial charge on any atom is -0.378 e. The van der Waals surface area contributed by atoms with E-state index in [-0.39, 0.29) is 5.82 Å². The molecular weight excluding hydrogens is 416 g/mol. The molecule has 170 valence electrons. The molecule has 1 atom stereocenters. The lowest BCUT2D eigenvalue weighted by atomic mass is 10.00. The molecule has 0 unspecified atom stereocenters. The Morgan fingerprint density at radius 2 is 1.94 bits per heavy atom. The van der Waals surface area contributed by atoms with Crippen LogP contribution < -0.4 is 15.5 Å². The molecule has 3 aromatic rings. The highest BCUT2D eigenvalue weighted by atomic mass is 19.3. The first-order chi connectivity index (χ1) is 15.7. The van der Waals surface area contributed by atoms with Gasteiger partial charge in [-0.25, -0.2) is 13.8 Å². The molecule has 2 N–H and O–H groups in total. The van der Waals surface area contributed by atoms with Crippen LogP contribution in [0.4, 0.5) is 20.5 Å². The molecule has 1 aromatic carbocycles. The van der Waals surface area contributed by atoms with Crippen LogP contribution in [0.5, 0.6) is 0 Å². The molecule has 0 radical (unpaired) electrons. The van der Waals surface area contributed by atoms with Crippen molar-refractivity contribution in [2.45, 2.75) is 19.3 Å². The van der Waals surface area contributed by atoms with Gasteiger partial charge >= 0.3 is 0 Å². The summed E-state index contributed by atoms with van der Waals surface area (Å²) in [6.07, 6.45) is -0.447. The molecule has 0 aliphatic carbocycles. The molecular formula is C22H27F2N7O. The SMILES string of the molecule is FC(F)c1nc2ccccc2n1-c1cc(N2CCOCC2)nc(NC[C@@H]2CCCNC2)n1. The average Bonchev–Trinajstić information content (AvgIpc) is 3.24. The summed E-state index contributed by atoms with van der Waals surface area (Å²) >= 11 is 0. The molecule has 10 heteroatoms. The molecule has 0 saturated carbocycles. The van der Waals surface area contributed by atoms with E-state index in [1.165, 1.54) is 4.57 Å². The number of imidazole rings is 1. The number of para-hydroxylation sites is 2. The Hall–Kier alpha value is -2.85. The highest BCUT2D eigenvalue weighted by Crippen LogP contribution is 2.29. The highest BCUT2D eigenvalue weighted by Gasteiger charge is 2.23. The van der Waals surface area contributed by atoms with Gasteiger partial charge in [-0.15, -0.1) is 0 Å². The molecule has 0 spiro atoms. The summed E-state index contributed by atoms with van der Waals surface area (Å²) in [5.74, 6) is 1.68. The minimum atomic E-state index is -2.73. The van der Waals surface area contributed by atoms with Crippen LogP contribution in [0.1, 0.15) is 25.1 Å². The zero-order valence-electron chi connectivity index (χ0n) is 17.8. The van der Waals surface area contributed by atoms with Crippen LogP contribution in [0, 0.1) is 5.92 Å². The first-order valence-corrected chi connectivity index (χ1v) is 11.1. The van der Waals surface area contributed by atoms with E-state index in [4.69, 9.17) is 9.72 Å². The number of nitrogens with zero attached hydrogens (tertiary/aromatic N) is 5. The van der Waals surface area contributed by atoms with Gasteiger partial charge in [-0.05, 0) is 44.0 Å². The van der Waals surface area contributed by atoms with E-state index in [0.717, 1.165) is 32.5 Å². The van der Waals surface area contributed by atoms with E-state index < -0.39 is 6.43 Å². The summed E-state index contributed by atoms with van der Waals surface area (Å²) in [6, 6.07) is 8.88. The molecule has 0 amide bonds. The van der Waals surface area contributed by atoms with Crippen molar-refractivity contribution in [2.24, 2.45) is 5.92 Å². The summed E-state index contributed by atoms with van der Waals surface area (Å²) < 4.78 is 34.8. The fourth-order valence-electron chi connectivity index (χ4n) is 4.34. The Kier molecular flexibility index (Phi) is 6.13. The number of hydrogen-bond donors (Lipinski definition) is 2. The molecule has 0 bridgehead atoms. The first-order valence-electron chi connectivity index (χ1n) is 11.1. The topological polar surface area (TPSA) is 80.1 Å². The van der Waals surface area contributed by atoms with Crippen LogP contribution in [0.25, 0.3) is 16.9 Å².